The van der Waals surface area contributed by atoms with Crippen LogP contribution in [-0.4, -0.2) is 9.78 Å². The lowest BCUT2D eigenvalue weighted by atomic mass is 9.51. The Morgan fingerprint density at radius 2 is 1.71 bits per heavy atom. The molecule has 1 aromatic rings. The average Bonchev–Trinajstić information content (AvgIpc) is 2.59. The molecule has 3 nitrogen and oxygen atoms in total. The maximum absolute atomic E-state index is 6.14. The molecular formula is C14H21N3. The molecule has 0 spiro atoms. The molecule has 0 amide bonds. The van der Waals surface area contributed by atoms with Gasteiger partial charge in [-0.2, -0.15) is 5.10 Å². The van der Waals surface area contributed by atoms with Crippen molar-refractivity contribution >= 4 is 5.69 Å². The van der Waals surface area contributed by atoms with Gasteiger partial charge in [-0.1, -0.05) is 0 Å². The van der Waals surface area contributed by atoms with E-state index in [4.69, 9.17) is 5.73 Å². The zero-order valence-electron chi connectivity index (χ0n) is 10.5. The lowest BCUT2D eigenvalue weighted by Crippen LogP contribution is -2.44. The molecule has 1 aromatic heterocycles. The minimum absolute atomic E-state index is 0.704. The SMILES string of the molecule is Cn1ncc(N)c1C1C2CC3CC(C2)CC1C3. The van der Waals surface area contributed by atoms with Crippen molar-refractivity contribution in [3.05, 3.63) is 11.9 Å². The fraction of sp³-hybridized carbons (Fsp3) is 0.786. The van der Waals surface area contributed by atoms with Gasteiger partial charge >= 0.3 is 0 Å². The predicted molar refractivity (Wildman–Crippen MR) is 67.4 cm³/mol. The number of aryl methyl sites for hydroxylation is 1. The monoisotopic (exact) mass is 231 g/mol. The van der Waals surface area contributed by atoms with Crippen LogP contribution in [0.5, 0.6) is 0 Å². The van der Waals surface area contributed by atoms with E-state index in [1.54, 1.807) is 0 Å². The Morgan fingerprint density at radius 3 is 2.18 bits per heavy atom. The highest BCUT2D eigenvalue weighted by molar-refractivity contribution is 5.44. The van der Waals surface area contributed by atoms with Gasteiger partial charge in [0.05, 0.1) is 17.6 Å². The predicted octanol–water partition coefficient (Wildman–Crippen LogP) is 2.54. The molecule has 4 bridgehead atoms. The van der Waals surface area contributed by atoms with Crippen molar-refractivity contribution in [2.45, 2.75) is 38.0 Å². The maximum Gasteiger partial charge on any atom is 0.0736 e. The topological polar surface area (TPSA) is 43.8 Å². The summed E-state index contributed by atoms with van der Waals surface area (Å²) in [6.07, 6.45) is 9.14. The number of rotatable bonds is 1. The largest absolute Gasteiger partial charge is 0.396 e. The van der Waals surface area contributed by atoms with E-state index in [-0.39, 0.29) is 0 Å². The van der Waals surface area contributed by atoms with E-state index in [1.165, 1.54) is 37.8 Å². The molecule has 17 heavy (non-hydrogen) atoms. The van der Waals surface area contributed by atoms with Crippen molar-refractivity contribution in [2.75, 3.05) is 5.73 Å². The van der Waals surface area contributed by atoms with E-state index in [2.05, 4.69) is 12.1 Å². The molecule has 0 aromatic carbocycles. The summed E-state index contributed by atoms with van der Waals surface area (Å²) in [6, 6.07) is 0. The molecule has 2 N–H and O–H groups in total. The van der Waals surface area contributed by atoms with Crippen molar-refractivity contribution in [3.8, 4) is 0 Å². The lowest BCUT2D eigenvalue weighted by Gasteiger charge is -2.54. The number of nitrogens with zero attached hydrogens (tertiary/aromatic N) is 2. The zero-order chi connectivity index (χ0) is 11.6. The van der Waals surface area contributed by atoms with Gasteiger partial charge in [0, 0.05) is 13.0 Å². The first-order chi connectivity index (χ1) is 8.22. The number of aromatic nitrogens is 2. The molecule has 4 aliphatic rings. The Kier molecular flexibility index (Phi) is 1.92. The summed E-state index contributed by atoms with van der Waals surface area (Å²) in [7, 11) is 2.05. The Hall–Kier alpha value is -0.990. The van der Waals surface area contributed by atoms with Crippen molar-refractivity contribution in [3.63, 3.8) is 0 Å². The molecule has 92 valence electrons. The zero-order valence-corrected chi connectivity index (χ0v) is 10.5. The van der Waals surface area contributed by atoms with Gasteiger partial charge in [-0.3, -0.25) is 4.68 Å². The van der Waals surface area contributed by atoms with E-state index >= 15 is 0 Å². The maximum atomic E-state index is 6.14. The van der Waals surface area contributed by atoms with Crippen LogP contribution < -0.4 is 5.73 Å². The van der Waals surface area contributed by atoms with E-state index in [0.29, 0.717) is 5.92 Å². The summed E-state index contributed by atoms with van der Waals surface area (Å²) in [5.74, 6) is 4.55. The van der Waals surface area contributed by atoms with Crippen molar-refractivity contribution < 1.29 is 0 Å². The molecule has 0 unspecified atom stereocenters. The van der Waals surface area contributed by atoms with E-state index < -0.39 is 0 Å². The second-order valence-corrected chi connectivity index (χ2v) is 6.57. The second-order valence-electron chi connectivity index (χ2n) is 6.57. The second kappa shape index (κ2) is 3.27. The molecule has 3 heteroatoms. The van der Waals surface area contributed by atoms with Crippen LogP contribution >= 0.6 is 0 Å². The number of nitrogen functional groups attached to an aromatic ring is 1. The standard InChI is InChI=1S/C14H21N3/c1-17-14(12(15)7-16-17)13-10-3-8-2-9(5-10)6-11(13)4-8/h7-11,13H,2-6,15H2,1H3. The average molecular weight is 231 g/mol. The van der Waals surface area contributed by atoms with Gasteiger partial charge in [-0.05, 0) is 55.8 Å². The molecule has 4 saturated carbocycles. The van der Waals surface area contributed by atoms with Crippen LogP contribution in [0, 0.1) is 23.7 Å². The first kappa shape index (κ1) is 9.98. The van der Waals surface area contributed by atoms with Gasteiger partial charge in [0.15, 0.2) is 0 Å². The summed E-state index contributed by atoms with van der Waals surface area (Å²) in [5.41, 5.74) is 8.39. The highest BCUT2D eigenvalue weighted by atomic mass is 15.3. The smallest absolute Gasteiger partial charge is 0.0736 e. The number of anilines is 1. The first-order valence-corrected chi connectivity index (χ1v) is 6.99. The molecular weight excluding hydrogens is 210 g/mol. The van der Waals surface area contributed by atoms with Crippen LogP contribution in [-0.2, 0) is 7.05 Å². The van der Waals surface area contributed by atoms with Gasteiger partial charge in [-0.25, -0.2) is 0 Å². The molecule has 5 rings (SSSR count). The third-order valence-electron chi connectivity index (χ3n) is 5.56. The Morgan fingerprint density at radius 1 is 1.12 bits per heavy atom. The van der Waals surface area contributed by atoms with Gasteiger partial charge < -0.3 is 5.73 Å². The van der Waals surface area contributed by atoms with Crippen LogP contribution in [0.15, 0.2) is 6.20 Å². The third-order valence-corrected chi connectivity index (χ3v) is 5.56. The molecule has 0 aliphatic heterocycles. The fourth-order valence-corrected chi connectivity index (χ4v) is 5.24. The molecule has 4 aliphatic carbocycles. The number of hydrogen-bond acceptors (Lipinski definition) is 2. The highest BCUT2D eigenvalue weighted by Gasteiger charge is 2.49. The van der Waals surface area contributed by atoms with Crippen molar-refractivity contribution in [1.82, 2.24) is 9.78 Å². The molecule has 1 heterocycles. The fourth-order valence-electron chi connectivity index (χ4n) is 5.24. The summed E-state index contributed by atoms with van der Waals surface area (Å²) >= 11 is 0. The van der Waals surface area contributed by atoms with Crippen LogP contribution in [0.4, 0.5) is 5.69 Å². The minimum Gasteiger partial charge on any atom is -0.396 e. The van der Waals surface area contributed by atoms with Crippen molar-refractivity contribution in [2.24, 2.45) is 30.7 Å². The van der Waals surface area contributed by atoms with Gasteiger partial charge in [0.25, 0.3) is 0 Å². The van der Waals surface area contributed by atoms with E-state index in [0.717, 1.165) is 29.4 Å². The normalized spacial score (nSPS) is 43.2. The van der Waals surface area contributed by atoms with Crippen LogP contribution in [0.3, 0.4) is 0 Å². The molecule has 0 atom stereocenters. The van der Waals surface area contributed by atoms with E-state index in [9.17, 15) is 0 Å². The van der Waals surface area contributed by atoms with Gasteiger partial charge in [-0.15, -0.1) is 0 Å². The van der Waals surface area contributed by atoms with Crippen LogP contribution in [0.2, 0.25) is 0 Å². The number of nitrogens with two attached hydrogens (primary N) is 1. The molecule has 4 fully saturated rings. The molecule has 0 saturated heterocycles. The number of hydrogen-bond donors (Lipinski definition) is 1. The quantitative estimate of drug-likeness (QED) is 0.807. The Balaban J connectivity index is 1.75. The van der Waals surface area contributed by atoms with Crippen LogP contribution in [0.25, 0.3) is 0 Å². The lowest BCUT2D eigenvalue weighted by molar-refractivity contribution is -0.00509. The van der Waals surface area contributed by atoms with Gasteiger partial charge in [0.1, 0.15) is 0 Å². The highest BCUT2D eigenvalue weighted by Crippen LogP contribution is 2.60. The van der Waals surface area contributed by atoms with E-state index in [1.807, 2.05) is 10.9 Å². The Labute approximate surface area is 102 Å². The first-order valence-electron chi connectivity index (χ1n) is 6.99. The van der Waals surface area contributed by atoms with Crippen LogP contribution in [0.1, 0.15) is 43.7 Å². The van der Waals surface area contributed by atoms with Gasteiger partial charge in [0.2, 0.25) is 0 Å². The summed E-state index contributed by atoms with van der Waals surface area (Å²) in [4.78, 5) is 0. The Bertz CT molecular complexity index is 401. The summed E-state index contributed by atoms with van der Waals surface area (Å²) < 4.78 is 2.03. The minimum atomic E-state index is 0.704. The molecule has 0 radical (unpaired) electrons. The third kappa shape index (κ3) is 1.31. The van der Waals surface area contributed by atoms with Crippen molar-refractivity contribution in [1.29, 1.82) is 0 Å². The summed E-state index contributed by atoms with van der Waals surface area (Å²) in [5, 5.41) is 4.34. The summed E-state index contributed by atoms with van der Waals surface area (Å²) in [6.45, 7) is 0.